The second-order valence-corrected chi connectivity index (χ2v) is 5.51. The van der Waals surface area contributed by atoms with E-state index in [1.807, 2.05) is 0 Å². The van der Waals surface area contributed by atoms with Crippen LogP contribution in [-0.4, -0.2) is 26.3 Å². The zero-order chi connectivity index (χ0) is 11.8. The molecule has 0 aliphatic heterocycles. The number of halogens is 1. The standard InChI is InChI=1S/C11H19BrN2OS/c1-15-8-9(3-2-5-13)14-7-11-10(12)4-6-16-11/h4,6,9,14H,2-3,5,7-8,13H2,1H3. The first-order valence-electron chi connectivity index (χ1n) is 5.42. The highest BCUT2D eigenvalue weighted by molar-refractivity contribution is 9.10. The van der Waals surface area contributed by atoms with Gasteiger partial charge in [-0.15, -0.1) is 11.3 Å². The lowest BCUT2D eigenvalue weighted by atomic mass is 10.1. The fourth-order valence-electron chi connectivity index (χ4n) is 1.50. The maximum Gasteiger partial charge on any atom is 0.0615 e. The summed E-state index contributed by atoms with van der Waals surface area (Å²) >= 11 is 5.29. The van der Waals surface area contributed by atoms with Gasteiger partial charge in [-0.1, -0.05) is 0 Å². The number of methoxy groups -OCH3 is 1. The van der Waals surface area contributed by atoms with E-state index in [1.165, 1.54) is 9.35 Å². The van der Waals surface area contributed by atoms with E-state index in [9.17, 15) is 0 Å². The van der Waals surface area contributed by atoms with Gasteiger partial charge < -0.3 is 15.8 Å². The number of hydrogen-bond donors (Lipinski definition) is 2. The largest absolute Gasteiger partial charge is 0.383 e. The fraction of sp³-hybridized carbons (Fsp3) is 0.636. The minimum Gasteiger partial charge on any atom is -0.383 e. The summed E-state index contributed by atoms with van der Waals surface area (Å²) in [5, 5.41) is 5.59. The maximum absolute atomic E-state index is 5.51. The van der Waals surface area contributed by atoms with Crippen LogP contribution in [0.2, 0.25) is 0 Å². The summed E-state index contributed by atoms with van der Waals surface area (Å²) in [6.45, 7) is 2.37. The molecule has 1 rings (SSSR count). The van der Waals surface area contributed by atoms with Gasteiger partial charge in [0.05, 0.1) is 6.61 Å². The van der Waals surface area contributed by atoms with Crippen LogP contribution in [0.25, 0.3) is 0 Å². The van der Waals surface area contributed by atoms with Crippen molar-refractivity contribution in [3.05, 3.63) is 20.8 Å². The van der Waals surface area contributed by atoms with Gasteiger partial charge in [0.1, 0.15) is 0 Å². The van der Waals surface area contributed by atoms with Crippen LogP contribution < -0.4 is 11.1 Å². The average molecular weight is 307 g/mol. The van der Waals surface area contributed by atoms with Gasteiger partial charge in [0.15, 0.2) is 0 Å². The van der Waals surface area contributed by atoms with Gasteiger partial charge in [0.25, 0.3) is 0 Å². The van der Waals surface area contributed by atoms with Gasteiger partial charge in [-0.3, -0.25) is 0 Å². The Kier molecular flexibility index (Phi) is 7.23. The quantitative estimate of drug-likeness (QED) is 0.775. The molecule has 1 unspecified atom stereocenters. The van der Waals surface area contributed by atoms with Crippen molar-refractivity contribution in [1.29, 1.82) is 0 Å². The summed E-state index contributed by atoms with van der Waals surface area (Å²) in [4.78, 5) is 1.33. The number of hydrogen-bond acceptors (Lipinski definition) is 4. The molecule has 3 N–H and O–H groups in total. The Bertz CT molecular complexity index is 293. The monoisotopic (exact) mass is 306 g/mol. The minimum absolute atomic E-state index is 0.391. The molecule has 0 saturated heterocycles. The van der Waals surface area contributed by atoms with Gasteiger partial charge in [-0.05, 0) is 46.8 Å². The molecule has 0 radical (unpaired) electrons. The lowest BCUT2D eigenvalue weighted by Crippen LogP contribution is -2.33. The summed E-state index contributed by atoms with van der Waals surface area (Å²) in [5.41, 5.74) is 5.51. The van der Waals surface area contributed by atoms with Crippen LogP contribution in [0.4, 0.5) is 0 Å². The van der Waals surface area contributed by atoms with Crippen LogP contribution in [0.5, 0.6) is 0 Å². The van der Waals surface area contributed by atoms with E-state index < -0.39 is 0 Å². The molecule has 0 spiro atoms. The van der Waals surface area contributed by atoms with Crippen molar-refractivity contribution >= 4 is 27.3 Å². The molecule has 92 valence electrons. The van der Waals surface area contributed by atoms with E-state index in [2.05, 4.69) is 32.7 Å². The van der Waals surface area contributed by atoms with Gasteiger partial charge in [-0.2, -0.15) is 0 Å². The lowest BCUT2D eigenvalue weighted by molar-refractivity contribution is 0.161. The summed E-state index contributed by atoms with van der Waals surface area (Å²) < 4.78 is 6.37. The molecule has 1 aromatic heterocycles. The number of nitrogens with two attached hydrogens (primary N) is 1. The van der Waals surface area contributed by atoms with Crippen molar-refractivity contribution in [2.24, 2.45) is 5.73 Å². The minimum atomic E-state index is 0.391. The lowest BCUT2D eigenvalue weighted by Gasteiger charge is -2.17. The summed E-state index contributed by atoms with van der Waals surface area (Å²) in [6, 6.07) is 2.47. The number of rotatable bonds is 8. The van der Waals surface area contributed by atoms with Crippen LogP contribution in [0.3, 0.4) is 0 Å². The highest BCUT2D eigenvalue weighted by Crippen LogP contribution is 2.22. The van der Waals surface area contributed by atoms with Gasteiger partial charge in [-0.25, -0.2) is 0 Å². The van der Waals surface area contributed by atoms with Crippen LogP contribution in [0, 0.1) is 0 Å². The predicted octanol–water partition coefficient (Wildman–Crippen LogP) is 2.35. The van der Waals surface area contributed by atoms with E-state index in [1.54, 1.807) is 18.4 Å². The van der Waals surface area contributed by atoms with Crippen LogP contribution in [0.1, 0.15) is 17.7 Å². The van der Waals surface area contributed by atoms with Crippen molar-refractivity contribution in [3.8, 4) is 0 Å². The number of thiophene rings is 1. The Labute approximate surface area is 109 Å². The van der Waals surface area contributed by atoms with Crippen molar-refractivity contribution in [1.82, 2.24) is 5.32 Å². The predicted molar refractivity (Wildman–Crippen MR) is 72.8 cm³/mol. The van der Waals surface area contributed by atoms with E-state index in [0.29, 0.717) is 6.04 Å². The first-order chi connectivity index (χ1) is 7.77. The Morgan fingerprint density at radius 3 is 3.00 bits per heavy atom. The van der Waals surface area contributed by atoms with Crippen molar-refractivity contribution < 1.29 is 4.74 Å². The second-order valence-electron chi connectivity index (χ2n) is 3.66. The highest BCUT2D eigenvalue weighted by Gasteiger charge is 2.08. The van der Waals surface area contributed by atoms with Gasteiger partial charge in [0, 0.05) is 29.0 Å². The molecule has 5 heteroatoms. The third-order valence-corrected chi connectivity index (χ3v) is 4.29. The van der Waals surface area contributed by atoms with E-state index in [0.717, 1.165) is 32.5 Å². The summed E-state index contributed by atoms with van der Waals surface area (Å²) in [6.07, 6.45) is 2.10. The topological polar surface area (TPSA) is 47.3 Å². The van der Waals surface area contributed by atoms with Crippen molar-refractivity contribution in [3.63, 3.8) is 0 Å². The molecule has 1 heterocycles. The van der Waals surface area contributed by atoms with Gasteiger partial charge in [0.2, 0.25) is 0 Å². The molecule has 0 aliphatic rings. The third-order valence-electron chi connectivity index (χ3n) is 2.37. The van der Waals surface area contributed by atoms with E-state index in [-0.39, 0.29) is 0 Å². The molecule has 0 aromatic carbocycles. The SMILES string of the molecule is COCC(CCCN)NCc1sccc1Br. The zero-order valence-electron chi connectivity index (χ0n) is 9.54. The van der Waals surface area contributed by atoms with E-state index in [4.69, 9.17) is 10.5 Å². The summed E-state index contributed by atoms with van der Waals surface area (Å²) in [7, 11) is 1.73. The van der Waals surface area contributed by atoms with Crippen LogP contribution in [0.15, 0.2) is 15.9 Å². The molecule has 1 atom stereocenters. The van der Waals surface area contributed by atoms with E-state index >= 15 is 0 Å². The molecular formula is C11H19BrN2OS. The second kappa shape index (κ2) is 8.20. The Balaban J connectivity index is 2.34. The van der Waals surface area contributed by atoms with Crippen molar-refractivity contribution in [2.45, 2.75) is 25.4 Å². The van der Waals surface area contributed by atoms with Gasteiger partial charge >= 0.3 is 0 Å². The Hall–Kier alpha value is 0.0600. The highest BCUT2D eigenvalue weighted by atomic mass is 79.9. The molecule has 16 heavy (non-hydrogen) atoms. The average Bonchev–Trinajstić information content (AvgIpc) is 2.68. The molecule has 0 bridgehead atoms. The Morgan fingerprint density at radius 1 is 1.62 bits per heavy atom. The maximum atomic E-state index is 5.51. The van der Waals surface area contributed by atoms with Crippen LogP contribution in [-0.2, 0) is 11.3 Å². The fourth-order valence-corrected chi connectivity index (χ4v) is 2.94. The smallest absolute Gasteiger partial charge is 0.0615 e. The van der Waals surface area contributed by atoms with Crippen molar-refractivity contribution in [2.75, 3.05) is 20.3 Å². The Morgan fingerprint density at radius 2 is 2.44 bits per heavy atom. The number of ether oxygens (including phenoxy) is 1. The molecule has 3 nitrogen and oxygen atoms in total. The zero-order valence-corrected chi connectivity index (χ0v) is 11.9. The molecular weight excluding hydrogens is 288 g/mol. The van der Waals surface area contributed by atoms with Crippen LogP contribution >= 0.6 is 27.3 Å². The normalized spacial score (nSPS) is 12.9. The number of nitrogens with one attached hydrogen (secondary N) is 1. The summed E-state index contributed by atoms with van der Waals surface area (Å²) in [5.74, 6) is 0. The molecule has 0 aliphatic carbocycles. The molecule has 1 aromatic rings. The molecule has 0 saturated carbocycles. The third kappa shape index (κ3) is 4.93. The molecule has 0 amide bonds. The molecule has 0 fully saturated rings. The first kappa shape index (κ1) is 14.1. The first-order valence-corrected chi connectivity index (χ1v) is 7.09.